The fourth-order valence-electron chi connectivity index (χ4n) is 1.42. The maximum Gasteiger partial charge on any atom is 0.332 e. The van der Waals surface area contributed by atoms with E-state index in [4.69, 9.17) is 0 Å². The predicted octanol–water partition coefficient (Wildman–Crippen LogP) is -0.946. The topological polar surface area (TPSA) is 114 Å². The fourth-order valence-corrected chi connectivity index (χ4v) is 1.42. The van der Waals surface area contributed by atoms with Gasteiger partial charge < -0.3 is 4.98 Å². The molecule has 0 aliphatic rings. The number of rotatable bonds is 2. The first-order valence-electron chi connectivity index (χ1n) is 4.30. The normalized spacial score (nSPS) is 10.6. The summed E-state index contributed by atoms with van der Waals surface area (Å²) in [4.78, 5) is 39.6. The van der Waals surface area contributed by atoms with Crippen molar-refractivity contribution in [3.8, 4) is 0 Å². The van der Waals surface area contributed by atoms with Gasteiger partial charge in [0.25, 0.3) is 5.56 Å². The lowest BCUT2D eigenvalue weighted by Gasteiger charge is -2.00. The van der Waals surface area contributed by atoms with Crippen LogP contribution in [0.3, 0.4) is 0 Å². The number of nitrogens with zero attached hydrogens (tertiary/aromatic N) is 4. The maximum atomic E-state index is 11.7. The highest BCUT2D eigenvalue weighted by Crippen LogP contribution is 2.07. The second-order valence-electron chi connectivity index (χ2n) is 3.19. The molecule has 2 rings (SSSR count). The third kappa shape index (κ3) is 1.21. The molecule has 0 unspecified atom stereocenters. The molecule has 9 heteroatoms. The summed E-state index contributed by atoms with van der Waals surface area (Å²) in [6.07, 6.45) is 0. The number of fused-ring (bicyclic) bond motifs is 1. The predicted molar refractivity (Wildman–Crippen MR) is 56.0 cm³/mol. The van der Waals surface area contributed by atoms with E-state index in [-0.39, 0.29) is 17.1 Å². The highest BCUT2D eigenvalue weighted by molar-refractivity contribution is 5.72. The Kier molecular flexibility index (Phi) is 2.07. The van der Waals surface area contributed by atoms with Gasteiger partial charge in [-0.3, -0.25) is 13.9 Å². The summed E-state index contributed by atoms with van der Waals surface area (Å²) in [6.45, 7) is 0. The molecule has 16 heavy (non-hydrogen) atoms. The summed E-state index contributed by atoms with van der Waals surface area (Å²) in [5.41, 5.74) is 1.33. The lowest BCUT2D eigenvalue weighted by atomic mass is 10.5. The van der Waals surface area contributed by atoms with Crippen molar-refractivity contribution < 1.29 is 0 Å². The first-order valence-corrected chi connectivity index (χ1v) is 4.30. The van der Waals surface area contributed by atoms with Crippen LogP contribution in [0.1, 0.15) is 0 Å². The number of hydrogen-bond acceptors (Lipinski definition) is 5. The molecular weight excluding hydrogens is 216 g/mol. The molecule has 0 spiro atoms. The number of nitrogens with one attached hydrogen (secondary N) is 2. The SMILES string of the molecule is Cn1c(=O)c2[nH]c(NN=O)nc2n(C)c1=O. The Labute approximate surface area is 87.7 Å². The number of aryl methyl sites for hydroxylation is 1. The zero-order valence-corrected chi connectivity index (χ0v) is 8.51. The van der Waals surface area contributed by atoms with E-state index in [1.54, 1.807) is 0 Å². The molecule has 0 fully saturated rings. The minimum Gasteiger partial charge on any atom is -0.317 e. The number of imidazole rings is 1. The van der Waals surface area contributed by atoms with Crippen molar-refractivity contribution in [2.75, 3.05) is 5.43 Å². The molecule has 0 amide bonds. The quantitative estimate of drug-likeness (QED) is 0.504. The molecule has 0 bridgehead atoms. The van der Waals surface area contributed by atoms with Gasteiger partial charge >= 0.3 is 5.69 Å². The van der Waals surface area contributed by atoms with Gasteiger partial charge in [0.2, 0.25) is 5.95 Å². The summed E-state index contributed by atoms with van der Waals surface area (Å²) in [7, 11) is 2.83. The van der Waals surface area contributed by atoms with Crippen LogP contribution in [0.25, 0.3) is 11.2 Å². The summed E-state index contributed by atoms with van der Waals surface area (Å²) in [5.74, 6) is 0.0169. The standard InChI is InChI=1S/C7H8N6O3/c1-12-4-3(5(14)13(2)7(12)15)8-6(9-4)10-11-16/h1-2H3,(H2,8,9,10,16). The van der Waals surface area contributed by atoms with E-state index in [1.807, 2.05) is 5.43 Å². The van der Waals surface area contributed by atoms with Gasteiger partial charge in [0.05, 0.1) is 5.29 Å². The van der Waals surface area contributed by atoms with Crippen LogP contribution >= 0.6 is 0 Å². The van der Waals surface area contributed by atoms with Gasteiger partial charge in [-0.25, -0.2) is 10.2 Å². The van der Waals surface area contributed by atoms with Crippen molar-refractivity contribution in [2.24, 2.45) is 19.4 Å². The van der Waals surface area contributed by atoms with Gasteiger partial charge in [-0.1, -0.05) is 0 Å². The van der Waals surface area contributed by atoms with E-state index in [1.165, 1.54) is 18.7 Å². The second-order valence-corrected chi connectivity index (χ2v) is 3.19. The third-order valence-electron chi connectivity index (χ3n) is 2.25. The number of anilines is 1. The van der Waals surface area contributed by atoms with Gasteiger partial charge in [-0.15, -0.1) is 4.91 Å². The van der Waals surface area contributed by atoms with Gasteiger partial charge in [0, 0.05) is 14.1 Å². The minimum absolute atomic E-state index is 0.0169. The van der Waals surface area contributed by atoms with Crippen molar-refractivity contribution in [1.82, 2.24) is 19.1 Å². The van der Waals surface area contributed by atoms with Crippen molar-refractivity contribution in [1.29, 1.82) is 0 Å². The van der Waals surface area contributed by atoms with Crippen molar-refractivity contribution >= 4 is 17.1 Å². The van der Waals surface area contributed by atoms with Crippen molar-refractivity contribution in [2.45, 2.75) is 0 Å². The monoisotopic (exact) mass is 224 g/mol. The Morgan fingerprint density at radius 2 is 2.00 bits per heavy atom. The molecule has 2 aromatic rings. The Morgan fingerprint density at radius 1 is 1.31 bits per heavy atom. The number of hydrogen-bond donors (Lipinski definition) is 2. The van der Waals surface area contributed by atoms with E-state index in [0.717, 1.165) is 4.57 Å². The molecule has 84 valence electrons. The van der Waals surface area contributed by atoms with Crippen LogP contribution in [0.5, 0.6) is 0 Å². The van der Waals surface area contributed by atoms with Crippen molar-refractivity contribution in [3.05, 3.63) is 25.7 Å². The zero-order chi connectivity index (χ0) is 11.9. The van der Waals surface area contributed by atoms with Crippen LogP contribution in [0.15, 0.2) is 14.9 Å². The molecule has 0 aliphatic heterocycles. The molecule has 0 saturated heterocycles. The average Bonchev–Trinajstić information content (AvgIpc) is 2.68. The summed E-state index contributed by atoms with van der Waals surface area (Å²) >= 11 is 0. The summed E-state index contributed by atoms with van der Waals surface area (Å²) < 4.78 is 2.14. The fraction of sp³-hybridized carbons (Fsp3) is 0.286. The molecule has 9 nitrogen and oxygen atoms in total. The number of aromatic amines is 1. The van der Waals surface area contributed by atoms with Gasteiger partial charge in [0.1, 0.15) is 0 Å². The van der Waals surface area contributed by atoms with Gasteiger partial charge in [0.15, 0.2) is 11.2 Å². The molecular formula is C7H8N6O3. The van der Waals surface area contributed by atoms with Crippen LogP contribution in [0, 0.1) is 4.91 Å². The molecule has 0 aromatic carbocycles. The third-order valence-corrected chi connectivity index (χ3v) is 2.25. The Morgan fingerprint density at radius 3 is 2.62 bits per heavy atom. The molecule has 2 heterocycles. The van der Waals surface area contributed by atoms with Gasteiger partial charge in [-0.05, 0) is 0 Å². The number of H-pyrrole nitrogens is 1. The lowest BCUT2D eigenvalue weighted by molar-refractivity contribution is 0.709. The number of aromatic nitrogens is 4. The molecule has 2 aromatic heterocycles. The van der Waals surface area contributed by atoms with E-state index >= 15 is 0 Å². The van der Waals surface area contributed by atoms with E-state index < -0.39 is 11.2 Å². The Hall–Kier alpha value is -2.45. The maximum absolute atomic E-state index is 11.7. The van der Waals surface area contributed by atoms with Crippen LogP contribution in [0.2, 0.25) is 0 Å². The molecule has 2 N–H and O–H groups in total. The Bertz CT molecular complexity index is 678. The van der Waals surface area contributed by atoms with Crippen LogP contribution < -0.4 is 16.7 Å². The van der Waals surface area contributed by atoms with Crippen LogP contribution in [-0.4, -0.2) is 19.1 Å². The van der Waals surface area contributed by atoms with Crippen LogP contribution in [-0.2, 0) is 14.1 Å². The summed E-state index contributed by atoms with van der Waals surface area (Å²) in [6, 6.07) is 0. The highest BCUT2D eigenvalue weighted by Gasteiger charge is 2.12. The molecule has 0 saturated carbocycles. The molecule has 0 aliphatic carbocycles. The van der Waals surface area contributed by atoms with E-state index in [9.17, 15) is 14.5 Å². The molecule has 0 radical (unpaired) electrons. The first kappa shape index (κ1) is 10.1. The summed E-state index contributed by atoms with van der Waals surface area (Å²) in [5, 5.41) is 2.42. The van der Waals surface area contributed by atoms with Gasteiger partial charge in [-0.2, -0.15) is 4.98 Å². The van der Waals surface area contributed by atoms with E-state index in [0.29, 0.717) is 0 Å². The lowest BCUT2D eigenvalue weighted by Crippen LogP contribution is -2.36. The minimum atomic E-state index is -0.510. The Balaban J connectivity index is 2.92. The first-order chi connectivity index (χ1) is 7.56. The molecule has 0 atom stereocenters. The second kappa shape index (κ2) is 3.29. The van der Waals surface area contributed by atoms with Crippen LogP contribution in [0.4, 0.5) is 5.95 Å². The average molecular weight is 224 g/mol. The zero-order valence-electron chi connectivity index (χ0n) is 8.51. The smallest absolute Gasteiger partial charge is 0.317 e. The largest absolute Gasteiger partial charge is 0.332 e. The number of nitroso groups, excluding NO2 is 1. The van der Waals surface area contributed by atoms with E-state index in [2.05, 4.69) is 15.3 Å². The highest BCUT2D eigenvalue weighted by atomic mass is 16.3. The van der Waals surface area contributed by atoms with Crippen molar-refractivity contribution in [3.63, 3.8) is 0 Å².